The predicted molar refractivity (Wildman–Crippen MR) is 97.8 cm³/mol. The Morgan fingerprint density at radius 3 is 2.84 bits per heavy atom. The predicted octanol–water partition coefficient (Wildman–Crippen LogP) is 2.68. The van der Waals surface area contributed by atoms with Gasteiger partial charge in [-0.05, 0) is 43.5 Å². The van der Waals surface area contributed by atoms with Crippen molar-refractivity contribution in [3.05, 3.63) is 70.3 Å². The van der Waals surface area contributed by atoms with Crippen molar-refractivity contribution < 1.29 is 4.79 Å². The van der Waals surface area contributed by atoms with E-state index in [0.717, 1.165) is 17.7 Å². The van der Waals surface area contributed by atoms with Gasteiger partial charge in [0.1, 0.15) is 6.54 Å². The number of aryl methyl sites for hydroxylation is 1. The van der Waals surface area contributed by atoms with Gasteiger partial charge in [-0.3, -0.25) is 14.2 Å². The summed E-state index contributed by atoms with van der Waals surface area (Å²) < 4.78 is 1.40. The number of benzene rings is 2. The standard InChI is InChI=1S/C20H19N3O2/c1-13-6-5-8-16-19(13)21-12-22(20(16)25)11-18(24)23-14(2)10-15-7-3-4-9-17(15)23/h3-9,12,14H,10-11H2,1-2H3. The highest BCUT2D eigenvalue weighted by molar-refractivity contribution is 5.96. The molecule has 0 saturated carbocycles. The van der Waals surface area contributed by atoms with E-state index in [2.05, 4.69) is 4.98 Å². The molecule has 0 spiro atoms. The summed E-state index contributed by atoms with van der Waals surface area (Å²) in [5.74, 6) is -0.0895. The Kier molecular flexibility index (Phi) is 3.64. The summed E-state index contributed by atoms with van der Waals surface area (Å²) >= 11 is 0. The van der Waals surface area contributed by atoms with Crippen molar-refractivity contribution in [2.45, 2.75) is 32.9 Å². The van der Waals surface area contributed by atoms with E-state index >= 15 is 0 Å². The van der Waals surface area contributed by atoms with Gasteiger partial charge in [-0.25, -0.2) is 4.98 Å². The third-order valence-electron chi connectivity index (χ3n) is 4.84. The number of nitrogens with zero attached hydrogens (tertiary/aromatic N) is 3. The Morgan fingerprint density at radius 2 is 2.00 bits per heavy atom. The second-order valence-corrected chi connectivity index (χ2v) is 6.59. The number of rotatable bonds is 2. The fourth-order valence-electron chi connectivity index (χ4n) is 3.62. The van der Waals surface area contributed by atoms with Gasteiger partial charge < -0.3 is 4.90 Å². The molecule has 1 unspecified atom stereocenters. The minimum atomic E-state index is -0.179. The van der Waals surface area contributed by atoms with Gasteiger partial charge >= 0.3 is 0 Å². The number of carbonyl (C=O) groups excluding carboxylic acids is 1. The first-order valence-electron chi connectivity index (χ1n) is 8.41. The topological polar surface area (TPSA) is 55.2 Å². The highest BCUT2D eigenvalue weighted by atomic mass is 16.2. The van der Waals surface area contributed by atoms with Crippen LogP contribution in [0, 0.1) is 6.92 Å². The molecule has 1 aliphatic heterocycles. The largest absolute Gasteiger partial charge is 0.307 e. The monoisotopic (exact) mass is 333 g/mol. The van der Waals surface area contributed by atoms with Crippen molar-refractivity contribution in [2.24, 2.45) is 0 Å². The van der Waals surface area contributed by atoms with E-state index in [4.69, 9.17) is 0 Å². The van der Waals surface area contributed by atoms with Crippen LogP contribution in [0.2, 0.25) is 0 Å². The minimum Gasteiger partial charge on any atom is -0.307 e. The van der Waals surface area contributed by atoms with Crippen LogP contribution >= 0.6 is 0 Å². The molecular weight excluding hydrogens is 314 g/mol. The molecule has 5 nitrogen and oxygen atoms in total. The van der Waals surface area contributed by atoms with Crippen LogP contribution in [0.5, 0.6) is 0 Å². The number of hydrogen-bond donors (Lipinski definition) is 0. The van der Waals surface area contributed by atoms with Crippen molar-refractivity contribution in [1.82, 2.24) is 9.55 Å². The van der Waals surface area contributed by atoms with Crippen molar-refractivity contribution in [1.29, 1.82) is 0 Å². The molecule has 2 heterocycles. The van der Waals surface area contributed by atoms with Gasteiger partial charge in [0.2, 0.25) is 5.91 Å². The zero-order chi connectivity index (χ0) is 17.6. The number of aromatic nitrogens is 2. The number of para-hydroxylation sites is 2. The second kappa shape index (κ2) is 5.84. The van der Waals surface area contributed by atoms with Gasteiger partial charge in [0.25, 0.3) is 5.56 Å². The molecule has 0 N–H and O–H groups in total. The lowest BCUT2D eigenvalue weighted by molar-refractivity contribution is -0.119. The second-order valence-electron chi connectivity index (χ2n) is 6.59. The van der Waals surface area contributed by atoms with E-state index in [1.54, 1.807) is 11.0 Å². The Balaban J connectivity index is 1.69. The average molecular weight is 333 g/mol. The van der Waals surface area contributed by atoms with Crippen LogP contribution < -0.4 is 10.5 Å². The molecule has 0 aliphatic carbocycles. The molecule has 1 aliphatic rings. The maximum atomic E-state index is 12.9. The van der Waals surface area contributed by atoms with Crippen molar-refractivity contribution in [3.8, 4) is 0 Å². The zero-order valence-electron chi connectivity index (χ0n) is 14.3. The van der Waals surface area contributed by atoms with E-state index < -0.39 is 0 Å². The number of amides is 1. The minimum absolute atomic E-state index is 0.00557. The average Bonchev–Trinajstić information content (AvgIpc) is 2.93. The molecule has 0 saturated heterocycles. The molecule has 4 rings (SSSR count). The van der Waals surface area contributed by atoms with Crippen molar-refractivity contribution in [3.63, 3.8) is 0 Å². The van der Waals surface area contributed by atoms with Crippen LogP contribution in [0.25, 0.3) is 10.9 Å². The molecule has 25 heavy (non-hydrogen) atoms. The molecule has 0 radical (unpaired) electrons. The Morgan fingerprint density at radius 1 is 1.20 bits per heavy atom. The quantitative estimate of drug-likeness (QED) is 0.724. The first-order chi connectivity index (χ1) is 12.1. The lowest BCUT2D eigenvalue weighted by Gasteiger charge is -2.23. The summed E-state index contributed by atoms with van der Waals surface area (Å²) in [5, 5.41) is 0.546. The van der Waals surface area contributed by atoms with E-state index in [1.807, 2.05) is 50.2 Å². The summed E-state index contributed by atoms with van der Waals surface area (Å²) in [5.41, 5.74) is 3.58. The summed E-state index contributed by atoms with van der Waals surface area (Å²) in [6.45, 7) is 3.95. The van der Waals surface area contributed by atoms with E-state index in [-0.39, 0.29) is 24.1 Å². The molecule has 0 fully saturated rings. The first-order valence-corrected chi connectivity index (χ1v) is 8.41. The van der Waals surface area contributed by atoms with Gasteiger partial charge in [-0.15, -0.1) is 0 Å². The van der Waals surface area contributed by atoms with Gasteiger partial charge in [0, 0.05) is 11.7 Å². The first kappa shape index (κ1) is 15.6. The van der Waals surface area contributed by atoms with Gasteiger partial charge in [-0.1, -0.05) is 30.3 Å². The number of carbonyl (C=O) groups is 1. The number of hydrogen-bond acceptors (Lipinski definition) is 3. The van der Waals surface area contributed by atoms with E-state index in [0.29, 0.717) is 10.9 Å². The van der Waals surface area contributed by atoms with Gasteiger partial charge in [-0.2, -0.15) is 0 Å². The Hall–Kier alpha value is -2.95. The van der Waals surface area contributed by atoms with Crippen LogP contribution in [-0.4, -0.2) is 21.5 Å². The Bertz CT molecular complexity index is 1040. The van der Waals surface area contributed by atoms with Crippen LogP contribution in [0.1, 0.15) is 18.1 Å². The SMILES string of the molecule is Cc1cccc2c(=O)n(CC(=O)N3c4ccccc4CC3C)cnc12. The van der Waals surface area contributed by atoms with E-state index in [9.17, 15) is 9.59 Å². The summed E-state index contributed by atoms with van der Waals surface area (Å²) in [6.07, 6.45) is 2.31. The van der Waals surface area contributed by atoms with Crippen molar-refractivity contribution >= 4 is 22.5 Å². The van der Waals surface area contributed by atoms with Crippen molar-refractivity contribution in [2.75, 3.05) is 4.90 Å². The van der Waals surface area contributed by atoms with Crippen LogP contribution in [0.15, 0.2) is 53.6 Å². The molecule has 1 aromatic heterocycles. The van der Waals surface area contributed by atoms with E-state index in [1.165, 1.54) is 16.5 Å². The third-order valence-corrected chi connectivity index (χ3v) is 4.84. The number of fused-ring (bicyclic) bond motifs is 2. The zero-order valence-corrected chi connectivity index (χ0v) is 14.3. The molecule has 2 aromatic carbocycles. The number of anilines is 1. The summed E-state index contributed by atoms with van der Waals surface area (Å²) in [6, 6.07) is 13.5. The lowest BCUT2D eigenvalue weighted by atomic mass is 10.1. The van der Waals surface area contributed by atoms with Gasteiger partial charge in [0.05, 0.1) is 17.2 Å². The lowest BCUT2D eigenvalue weighted by Crippen LogP contribution is -2.40. The molecule has 3 aromatic rings. The maximum absolute atomic E-state index is 12.9. The Labute approximate surface area is 145 Å². The molecular formula is C20H19N3O2. The highest BCUT2D eigenvalue weighted by Gasteiger charge is 2.30. The van der Waals surface area contributed by atoms with Crippen LogP contribution in [0.4, 0.5) is 5.69 Å². The van der Waals surface area contributed by atoms with Crippen LogP contribution in [0.3, 0.4) is 0 Å². The molecule has 1 atom stereocenters. The smallest absolute Gasteiger partial charge is 0.261 e. The molecule has 0 bridgehead atoms. The molecule has 126 valence electrons. The fraction of sp³-hybridized carbons (Fsp3) is 0.250. The van der Waals surface area contributed by atoms with Crippen LogP contribution in [-0.2, 0) is 17.8 Å². The third kappa shape index (κ3) is 2.52. The summed E-state index contributed by atoms with van der Waals surface area (Å²) in [7, 11) is 0. The molecule has 5 heteroatoms. The highest BCUT2D eigenvalue weighted by Crippen LogP contribution is 2.31. The maximum Gasteiger partial charge on any atom is 0.261 e. The fourth-order valence-corrected chi connectivity index (χ4v) is 3.62. The molecule has 1 amide bonds. The van der Waals surface area contributed by atoms with Gasteiger partial charge in [0.15, 0.2) is 0 Å². The summed E-state index contributed by atoms with van der Waals surface area (Å²) in [4.78, 5) is 31.8. The normalized spacial score (nSPS) is 16.2.